The molecule has 1 aliphatic rings. The molecular formula is C15H21O3Si. The van der Waals surface area contributed by atoms with Gasteiger partial charge in [-0.15, -0.1) is 0 Å². The Bertz CT molecular complexity index is 377. The van der Waals surface area contributed by atoms with E-state index in [2.05, 4.69) is 10.2 Å². The molecule has 0 amide bonds. The molecule has 2 rings (SSSR count). The van der Waals surface area contributed by atoms with Crippen LogP contribution in [0.1, 0.15) is 31.2 Å². The van der Waals surface area contributed by atoms with Gasteiger partial charge in [-0.05, 0) is 42.9 Å². The first-order valence-electron chi connectivity index (χ1n) is 6.93. The molecule has 3 atom stereocenters. The molecule has 3 unspecified atom stereocenters. The highest BCUT2D eigenvalue weighted by Crippen LogP contribution is 2.31. The number of ether oxygens (including phenoxy) is 1. The summed E-state index contributed by atoms with van der Waals surface area (Å²) in [7, 11) is 3.49. The highest BCUT2D eigenvalue weighted by Gasteiger charge is 2.32. The maximum atomic E-state index is 10.3. The predicted molar refractivity (Wildman–Crippen MR) is 75.3 cm³/mol. The van der Waals surface area contributed by atoms with Crippen molar-refractivity contribution >= 4 is 10.2 Å². The van der Waals surface area contributed by atoms with Crippen LogP contribution in [0.25, 0.3) is 0 Å². The van der Waals surface area contributed by atoms with E-state index in [-0.39, 0.29) is 18.8 Å². The molecule has 1 fully saturated rings. The second-order valence-corrected chi connectivity index (χ2v) is 5.68. The fraction of sp³-hybridized carbons (Fsp3) is 0.600. The largest absolute Gasteiger partial charge is 0.488 e. The molecule has 0 bridgehead atoms. The van der Waals surface area contributed by atoms with Gasteiger partial charge in [0, 0.05) is 10.2 Å². The summed E-state index contributed by atoms with van der Waals surface area (Å²) < 4.78 is 5.90. The Kier molecular flexibility index (Phi) is 5.42. The summed E-state index contributed by atoms with van der Waals surface area (Å²) in [6.45, 7) is 0.0411. The van der Waals surface area contributed by atoms with Gasteiger partial charge in [0.25, 0.3) is 0 Å². The van der Waals surface area contributed by atoms with E-state index in [1.54, 1.807) is 0 Å². The Morgan fingerprint density at radius 1 is 1.21 bits per heavy atom. The first-order chi connectivity index (χ1) is 9.24. The minimum atomic E-state index is -0.386. The Balaban J connectivity index is 1.96. The van der Waals surface area contributed by atoms with Gasteiger partial charge in [-0.3, -0.25) is 0 Å². The number of aliphatic hydroxyl groups excluding tert-OH is 2. The van der Waals surface area contributed by atoms with Crippen molar-refractivity contribution in [3.63, 3.8) is 0 Å². The summed E-state index contributed by atoms with van der Waals surface area (Å²) >= 11 is 0. The lowest BCUT2D eigenvalue weighted by Crippen LogP contribution is -2.41. The molecule has 1 saturated carbocycles. The number of aliphatic hydroxyl groups is 2. The molecule has 0 spiro atoms. The van der Waals surface area contributed by atoms with E-state index < -0.39 is 0 Å². The highest BCUT2D eigenvalue weighted by molar-refractivity contribution is 6.08. The molecule has 3 radical (unpaired) electrons. The SMILES string of the molecule is OCc1ccc(OC2CCCC(CC[Si])C2O)cc1. The Morgan fingerprint density at radius 2 is 1.95 bits per heavy atom. The zero-order valence-corrected chi connectivity index (χ0v) is 12.1. The zero-order valence-electron chi connectivity index (χ0n) is 11.1. The lowest BCUT2D eigenvalue weighted by molar-refractivity contribution is -0.0320. The summed E-state index contributed by atoms with van der Waals surface area (Å²) in [4.78, 5) is 0. The third-order valence-electron chi connectivity index (χ3n) is 3.84. The first kappa shape index (κ1) is 14.6. The quantitative estimate of drug-likeness (QED) is 0.810. The van der Waals surface area contributed by atoms with Crippen molar-refractivity contribution in [2.24, 2.45) is 5.92 Å². The van der Waals surface area contributed by atoms with Crippen LogP contribution in [-0.4, -0.2) is 32.7 Å². The maximum Gasteiger partial charge on any atom is 0.125 e. The van der Waals surface area contributed by atoms with Crippen LogP contribution in [-0.2, 0) is 6.61 Å². The van der Waals surface area contributed by atoms with E-state index >= 15 is 0 Å². The van der Waals surface area contributed by atoms with Crippen LogP contribution in [0.3, 0.4) is 0 Å². The lowest BCUT2D eigenvalue weighted by Gasteiger charge is -2.34. The second kappa shape index (κ2) is 7.08. The summed E-state index contributed by atoms with van der Waals surface area (Å²) in [6.07, 6.45) is 3.57. The monoisotopic (exact) mass is 277 g/mol. The van der Waals surface area contributed by atoms with Crippen molar-refractivity contribution in [1.29, 1.82) is 0 Å². The third kappa shape index (κ3) is 3.81. The molecule has 19 heavy (non-hydrogen) atoms. The van der Waals surface area contributed by atoms with Crippen LogP contribution in [0.15, 0.2) is 24.3 Å². The summed E-state index contributed by atoms with van der Waals surface area (Å²) in [5.41, 5.74) is 0.869. The number of benzene rings is 1. The van der Waals surface area contributed by atoms with Crippen molar-refractivity contribution in [2.45, 2.75) is 50.5 Å². The molecule has 4 heteroatoms. The van der Waals surface area contributed by atoms with Gasteiger partial charge in [0.2, 0.25) is 0 Å². The fourth-order valence-corrected chi connectivity index (χ4v) is 3.07. The van der Waals surface area contributed by atoms with Gasteiger partial charge >= 0.3 is 0 Å². The summed E-state index contributed by atoms with van der Waals surface area (Å²) in [5, 5.41) is 19.3. The molecule has 1 aromatic carbocycles. The average molecular weight is 277 g/mol. The molecule has 103 valence electrons. The molecular weight excluding hydrogens is 256 g/mol. The van der Waals surface area contributed by atoms with E-state index in [1.807, 2.05) is 24.3 Å². The van der Waals surface area contributed by atoms with E-state index in [1.165, 1.54) is 0 Å². The number of hydrogen-bond donors (Lipinski definition) is 2. The molecule has 0 aromatic heterocycles. The van der Waals surface area contributed by atoms with E-state index in [0.717, 1.165) is 43.0 Å². The second-order valence-electron chi connectivity index (χ2n) is 5.18. The van der Waals surface area contributed by atoms with Crippen molar-refractivity contribution in [1.82, 2.24) is 0 Å². The van der Waals surface area contributed by atoms with E-state index in [9.17, 15) is 5.11 Å². The molecule has 2 N–H and O–H groups in total. The zero-order chi connectivity index (χ0) is 13.7. The maximum absolute atomic E-state index is 10.3. The van der Waals surface area contributed by atoms with Crippen LogP contribution >= 0.6 is 0 Å². The van der Waals surface area contributed by atoms with Crippen molar-refractivity contribution in [3.8, 4) is 5.75 Å². The summed E-state index contributed by atoms with van der Waals surface area (Å²) in [6, 6.07) is 8.32. The predicted octanol–water partition coefficient (Wildman–Crippen LogP) is 2.06. The number of rotatable bonds is 5. The van der Waals surface area contributed by atoms with Gasteiger partial charge in [-0.2, -0.15) is 0 Å². The van der Waals surface area contributed by atoms with Gasteiger partial charge in [0.15, 0.2) is 0 Å². The fourth-order valence-electron chi connectivity index (χ4n) is 2.70. The number of hydrogen-bond acceptors (Lipinski definition) is 3. The lowest BCUT2D eigenvalue weighted by atomic mass is 9.83. The van der Waals surface area contributed by atoms with Crippen molar-refractivity contribution in [3.05, 3.63) is 29.8 Å². The van der Waals surface area contributed by atoms with E-state index in [0.29, 0.717) is 5.92 Å². The molecule has 1 aliphatic carbocycles. The average Bonchev–Trinajstić information content (AvgIpc) is 2.44. The van der Waals surface area contributed by atoms with Crippen molar-refractivity contribution < 1.29 is 14.9 Å². The minimum Gasteiger partial charge on any atom is -0.488 e. The van der Waals surface area contributed by atoms with E-state index in [4.69, 9.17) is 9.84 Å². The third-order valence-corrected chi connectivity index (χ3v) is 4.12. The van der Waals surface area contributed by atoms with Gasteiger partial charge in [-0.1, -0.05) is 24.6 Å². The van der Waals surface area contributed by atoms with Crippen LogP contribution in [0.4, 0.5) is 0 Å². The highest BCUT2D eigenvalue weighted by atomic mass is 28.1. The minimum absolute atomic E-state index is 0.0411. The van der Waals surface area contributed by atoms with Crippen LogP contribution in [0, 0.1) is 5.92 Å². The molecule has 0 heterocycles. The van der Waals surface area contributed by atoms with Crippen molar-refractivity contribution in [2.75, 3.05) is 0 Å². The molecule has 1 aromatic rings. The first-order valence-corrected chi connectivity index (χ1v) is 7.64. The summed E-state index contributed by atoms with van der Waals surface area (Å²) in [5.74, 6) is 1.09. The Labute approximate surface area is 118 Å². The molecule has 0 saturated heterocycles. The normalized spacial score (nSPS) is 27.2. The van der Waals surface area contributed by atoms with Crippen LogP contribution in [0.5, 0.6) is 5.75 Å². The van der Waals surface area contributed by atoms with Gasteiger partial charge < -0.3 is 14.9 Å². The molecule has 0 aliphatic heterocycles. The van der Waals surface area contributed by atoms with Gasteiger partial charge in [0.05, 0.1) is 12.7 Å². The smallest absolute Gasteiger partial charge is 0.125 e. The van der Waals surface area contributed by atoms with Gasteiger partial charge in [0.1, 0.15) is 11.9 Å². The van der Waals surface area contributed by atoms with Gasteiger partial charge in [-0.25, -0.2) is 0 Å². The standard InChI is InChI=1S/C15H21O3Si/c16-10-11-4-6-13(7-5-11)18-14-3-1-2-12(8-9-19)15(14)17/h4-7,12,14-17H,1-3,8-10H2. The van der Waals surface area contributed by atoms with Crippen LogP contribution < -0.4 is 4.74 Å². The Hall–Kier alpha value is -0.843. The molecule has 3 nitrogen and oxygen atoms in total. The Morgan fingerprint density at radius 3 is 2.58 bits per heavy atom. The van der Waals surface area contributed by atoms with Crippen LogP contribution in [0.2, 0.25) is 6.04 Å². The topological polar surface area (TPSA) is 49.7 Å².